The number of hydrogen-bond acceptors (Lipinski definition) is 2. The lowest BCUT2D eigenvalue weighted by Gasteiger charge is -2.61. The van der Waals surface area contributed by atoms with Crippen molar-refractivity contribution in [2.45, 2.75) is 90.2 Å². The zero-order valence-corrected chi connectivity index (χ0v) is 18.3. The van der Waals surface area contributed by atoms with E-state index in [9.17, 15) is 9.90 Å². The zero-order valence-electron chi connectivity index (χ0n) is 18.3. The summed E-state index contributed by atoms with van der Waals surface area (Å²) in [6.07, 6.45) is 5.89. The van der Waals surface area contributed by atoms with Crippen molar-refractivity contribution in [3.8, 4) is 0 Å². The molecule has 1 heterocycles. The number of nitrogens with zero attached hydrogens (tertiary/aromatic N) is 1. The second-order valence-corrected chi connectivity index (χ2v) is 10.9. The van der Waals surface area contributed by atoms with Gasteiger partial charge in [0.25, 0.3) is 0 Å². The Morgan fingerprint density at radius 2 is 1.89 bits per heavy atom. The number of benzene rings is 1. The Balaban J connectivity index is 1.62. The first kappa shape index (κ1) is 19.9. The van der Waals surface area contributed by atoms with E-state index in [-0.39, 0.29) is 28.7 Å². The minimum Gasteiger partial charge on any atom is -0.390 e. The number of hydrogen-bond donors (Lipinski definition) is 1. The molecular weight excluding hydrogens is 346 g/mol. The van der Waals surface area contributed by atoms with Crippen LogP contribution in [-0.4, -0.2) is 34.1 Å². The third-order valence-electron chi connectivity index (χ3n) is 8.81. The lowest BCUT2D eigenvalue weighted by Crippen LogP contribution is -2.65. The molecule has 1 saturated heterocycles. The summed E-state index contributed by atoms with van der Waals surface area (Å²) in [5.41, 5.74) is 2.39. The summed E-state index contributed by atoms with van der Waals surface area (Å²) >= 11 is 0. The quantitative estimate of drug-likeness (QED) is 0.804. The molecule has 2 bridgehead atoms. The average Bonchev–Trinajstić information content (AvgIpc) is 2.64. The number of amides is 1. The van der Waals surface area contributed by atoms with Gasteiger partial charge in [-0.15, -0.1) is 0 Å². The fraction of sp³-hybridized carbons (Fsp3) is 0.720. The lowest BCUT2D eigenvalue weighted by molar-refractivity contribution is -0.151. The van der Waals surface area contributed by atoms with Crippen molar-refractivity contribution >= 4 is 5.91 Å². The first-order chi connectivity index (χ1) is 13.1. The fourth-order valence-electron chi connectivity index (χ4n) is 6.43. The van der Waals surface area contributed by atoms with Gasteiger partial charge in [0.2, 0.25) is 5.91 Å². The van der Waals surface area contributed by atoms with Crippen LogP contribution in [0.15, 0.2) is 24.3 Å². The molecule has 1 aromatic rings. The molecule has 0 aromatic heterocycles. The Kier molecular flexibility index (Phi) is 4.69. The van der Waals surface area contributed by atoms with Gasteiger partial charge in [-0.2, -0.15) is 0 Å². The summed E-state index contributed by atoms with van der Waals surface area (Å²) < 4.78 is 0. The molecule has 3 heteroatoms. The molecule has 3 aliphatic rings. The van der Waals surface area contributed by atoms with Crippen molar-refractivity contribution in [3.05, 3.63) is 35.4 Å². The minimum absolute atomic E-state index is 0.0551. The van der Waals surface area contributed by atoms with Gasteiger partial charge in [0.15, 0.2) is 0 Å². The minimum atomic E-state index is -0.692. The van der Waals surface area contributed by atoms with Crippen molar-refractivity contribution in [2.75, 3.05) is 6.54 Å². The van der Waals surface area contributed by atoms with Crippen molar-refractivity contribution in [2.24, 2.45) is 17.3 Å². The molecule has 1 aliphatic heterocycles. The topological polar surface area (TPSA) is 40.5 Å². The second-order valence-electron chi connectivity index (χ2n) is 10.9. The first-order valence-electron chi connectivity index (χ1n) is 11.2. The van der Waals surface area contributed by atoms with Crippen molar-refractivity contribution < 1.29 is 9.90 Å². The van der Waals surface area contributed by atoms with Crippen LogP contribution in [0.1, 0.15) is 77.8 Å². The highest BCUT2D eigenvalue weighted by Gasteiger charge is 2.57. The third-order valence-corrected chi connectivity index (χ3v) is 8.81. The standard InChI is InChI=1S/C25H37NO2/c1-23(2)21-16-17-9-6-7-12-20(17)25(23,5)13-14-26(21)22(27)18-10-8-11-19(15-18)24(3,4)28/h6-7,9,12,18-19,21,28H,8,10-11,13-16H2,1-5H3/t18?,19-,21+,25-/m0/s1. The number of carbonyl (C=O) groups is 1. The molecule has 4 rings (SSSR count). The molecule has 1 amide bonds. The zero-order chi connectivity index (χ0) is 20.3. The molecule has 154 valence electrons. The van der Waals surface area contributed by atoms with E-state index in [1.807, 2.05) is 13.8 Å². The summed E-state index contributed by atoms with van der Waals surface area (Å²) in [6, 6.07) is 9.12. The molecule has 1 aromatic carbocycles. The Bertz CT molecular complexity index is 762. The summed E-state index contributed by atoms with van der Waals surface area (Å²) in [4.78, 5) is 15.9. The van der Waals surface area contributed by atoms with E-state index in [0.29, 0.717) is 5.91 Å². The largest absolute Gasteiger partial charge is 0.390 e. The van der Waals surface area contributed by atoms with Gasteiger partial charge in [-0.1, -0.05) is 51.5 Å². The van der Waals surface area contributed by atoms with E-state index in [0.717, 1.165) is 45.1 Å². The highest BCUT2D eigenvalue weighted by Crippen LogP contribution is 2.56. The Morgan fingerprint density at radius 1 is 1.18 bits per heavy atom. The Labute approximate surface area is 170 Å². The molecule has 2 fully saturated rings. The van der Waals surface area contributed by atoms with E-state index < -0.39 is 5.60 Å². The van der Waals surface area contributed by atoms with Crippen molar-refractivity contribution in [3.63, 3.8) is 0 Å². The van der Waals surface area contributed by atoms with E-state index >= 15 is 0 Å². The van der Waals surface area contributed by atoms with Crippen LogP contribution >= 0.6 is 0 Å². The second kappa shape index (κ2) is 6.58. The maximum atomic E-state index is 13.7. The molecular formula is C25H37NO2. The van der Waals surface area contributed by atoms with Gasteiger partial charge >= 0.3 is 0 Å². The summed E-state index contributed by atoms with van der Waals surface area (Å²) in [5, 5.41) is 10.5. The van der Waals surface area contributed by atoms with Gasteiger partial charge in [0, 0.05) is 23.9 Å². The Hall–Kier alpha value is -1.35. The maximum Gasteiger partial charge on any atom is 0.225 e. The SMILES string of the molecule is CC(C)(O)[C@H]1CCCC(C(=O)N2CC[C@@]3(C)c4ccccc4C[C@@H]2C3(C)C)C1. The molecule has 3 nitrogen and oxygen atoms in total. The number of likely N-dealkylation sites (tertiary alicyclic amines) is 1. The van der Waals surface area contributed by atoms with Gasteiger partial charge in [-0.3, -0.25) is 4.79 Å². The average molecular weight is 384 g/mol. The Morgan fingerprint density at radius 3 is 2.61 bits per heavy atom. The molecule has 0 spiro atoms. The van der Waals surface area contributed by atoms with Crippen molar-refractivity contribution in [1.29, 1.82) is 0 Å². The van der Waals surface area contributed by atoms with Crippen LogP contribution in [0.2, 0.25) is 0 Å². The van der Waals surface area contributed by atoms with Gasteiger partial charge in [-0.25, -0.2) is 0 Å². The summed E-state index contributed by atoms with van der Waals surface area (Å²) in [7, 11) is 0. The van der Waals surface area contributed by atoms with Crippen LogP contribution in [-0.2, 0) is 16.6 Å². The van der Waals surface area contributed by atoms with Crippen LogP contribution in [0.4, 0.5) is 0 Å². The molecule has 2 aliphatic carbocycles. The monoisotopic (exact) mass is 383 g/mol. The van der Waals surface area contributed by atoms with E-state index in [1.54, 1.807) is 0 Å². The highest BCUT2D eigenvalue weighted by molar-refractivity contribution is 5.80. The number of rotatable bonds is 2. The predicted molar refractivity (Wildman–Crippen MR) is 113 cm³/mol. The van der Waals surface area contributed by atoms with Crippen LogP contribution in [0.25, 0.3) is 0 Å². The van der Waals surface area contributed by atoms with E-state index in [4.69, 9.17) is 0 Å². The van der Waals surface area contributed by atoms with Gasteiger partial charge in [-0.05, 0) is 68.4 Å². The lowest BCUT2D eigenvalue weighted by atomic mass is 9.51. The van der Waals surface area contributed by atoms with Gasteiger partial charge < -0.3 is 10.0 Å². The third kappa shape index (κ3) is 2.93. The number of fused-ring (bicyclic) bond motifs is 4. The van der Waals surface area contributed by atoms with Crippen LogP contribution in [0.5, 0.6) is 0 Å². The normalized spacial score (nSPS) is 34.6. The van der Waals surface area contributed by atoms with Gasteiger partial charge in [0.05, 0.1) is 5.60 Å². The predicted octanol–water partition coefficient (Wildman–Crippen LogP) is 4.70. The number of aliphatic hydroxyl groups is 1. The maximum absolute atomic E-state index is 13.7. The van der Waals surface area contributed by atoms with Gasteiger partial charge in [0.1, 0.15) is 0 Å². The molecule has 1 unspecified atom stereocenters. The summed E-state index contributed by atoms with van der Waals surface area (Å²) in [6.45, 7) is 11.8. The fourth-order valence-corrected chi connectivity index (χ4v) is 6.43. The smallest absolute Gasteiger partial charge is 0.225 e. The van der Waals surface area contributed by atoms with E-state index in [2.05, 4.69) is 49.9 Å². The summed E-state index contributed by atoms with van der Waals surface area (Å²) in [5.74, 6) is 0.640. The number of carbonyl (C=O) groups excluding carboxylic acids is 1. The first-order valence-corrected chi connectivity index (χ1v) is 11.2. The molecule has 1 saturated carbocycles. The molecule has 1 N–H and O–H groups in total. The van der Waals surface area contributed by atoms with Crippen LogP contribution in [0, 0.1) is 17.3 Å². The van der Waals surface area contributed by atoms with Crippen LogP contribution in [0.3, 0.4) is 0 Å². The number of piperidine rings is 1. The molecule has 28 heavy (non-hydrogen) atoms. The van der Waals surface area contributed by atoms with Crippen molar-refractivity contribution in [1.82, 2.24) is 4.90 Å². The molecule has 4 atom stereocenters. The molecule has 0 radical (unpaired) electrons. The van der Waals surface area contributed by atoms with E-state index in [1.165, 1.54) is 11.1 Å². The van der Waals surface area contributed by atoms with Crippen LogP contribution < -0.4 is 0 Å². The highest BCUT2D eigenvalue weighted by atomic mass is 16.3.